The summed E-state index contributed by atoms with van der Waals surface area (Å²) in [6.45, 7) is 11.0. The molecule has 0 saturated heterocycles. The minimum Gasteiger partial charge on any atom is -0.469 e. The maximum absolute atomic E-state index is 12.0. The van der Waals surface area contributed by atoms with Crippen LogP contribution in [0.4, 0.5) is 0 Å². The Morgan fingerprint density at radius 2 is 1.95 bits per heavy atom. The first-order chi connectivity index (χ1) is 9.08. The van der Waals surface area contributed by atoms with E-state index >= 15 is 0 Å². The van der Waals surface area contributed by atoms with Crippen LogP contribution in [-0.2, 0) is 18.8 Å². The van der Waals surface area contributed by atoms with Gasteiger partial charge in [0.25, 0.3) is 0 Å². The van der Waals surface area contributed by atoms with Crippen molar-refractivity contribution < 1.29 is 18.8 Å². The second-order valence-electron chi connectivity index (χ2n) is 7.63. The van der Waals surface area contributed by atoms with Crippen LogP contribution >= 0.6 is 0 Å². The molecule has 4 atom stereocenters. The SMILES string of the molecule is COC(=O)C[C@H]1[C@@H]2C(=O)C[C@@H](O[Si](C)(C)C(C)(C)C)[C@H]12. The van der Waals surface area contributed by atoms with E-state index in [1.807, 2.05) is 0 Å². The molecule has 114 valence electrons. The molecule has 0 aromatic carbocycles. The lowest BCUT2D eigenvalue weighted by Crippen LogP contribution is -2.44. The molecule has 5 heteroatoms. The van der Waals surface area contributed by atoms with Crippen LogP contribution in [0.15, 0.2) is 0 Å². The summed E-state index contributed by atoms with van der Waals surface area (Å²) in [4.78, 5) is 23.4. The third-order valence-corrected chi connectivity index (χ3v) is 9.82. The van der Waals surface area contributed by atoms with Gasteiger partial charge in [0.05, 0.1) is 13.2 Å². The summed E-state index contributed by atoms with van der Waals surface area (Å²) >= 11 is 0. The number of ether oxygens (including phenoxy) is 1. The maximum atomic E-state index is 12.0. The third-order valence-electron chi connectivity index (χ3n) is 5.32. The van der Waals surface area contributed by atoms with Crippen LogP contribution in [-0.4, -0.2) is 33.3 Å². The molecule has 2 rings (SSSR count). The molecule has 0 unspecified atom stereocenters. The van der Waals surface area contributed by atoms with Crippen molar-refractivity contribution in [2.45, 2.75) is 57.8 Å². The quantitative estimate of drug-likeness (QED) is 0.591. The van der Waals surface area contributed by atoms with Crippen molar-refractivity contribution in [2.24, 2.45) is 17.8 Å². The molecule has 2 saturated carbocycles. The van der Waals surface area contributed by atoms with Gasteiger partial charge in [-0.15, -0.1) is 0 Å². The lowest BCUT2D eigenvalue weighted by Gasteiger charge is -2.39. The molecule has 0 heterocycles. The second-order valence-corrected chi connectivity index (χ2v) is 12.4. The van der Waals surface area contributed by atoms with Gasteiger partial charge in [-0.25, -0.2) is 0 Å². The van der Waals surface area contributed by atoms with Gasteiger partial charge in [-0.05, 0) is 30.0 Å². The molecular weight excluding hydrogens is 272 g/mol. The normalized spacial score (nSPS) is 33.0. The first kappa shape index (κ1) is 15.7. The van der Waals surface area contributed by atoms with E-state index in [-0.39, 0.29) is 40.6 Å². The highest BCUT2D eigenvalue weighted by molar-refractivity contribution is 6.74. The van der Waals surface area contributed by atoms with E-state index in [0.29, 0.717) is 12.8 Å². The number of rotatable bonds is 4. The molecule has 0 amide bonds. The highest BCUT2D eigenvalue weighted by atomic mass is 28.4. The van der Waals surface area contributed by atoms with Crippen molar-refractivity contribution >= 4 is 20.1 Å². The number of Topliss-reactive ketones (excluding diaryl/α,β-unsaturated/α-hetero) is 1. The Labute approximate surface area is 122 Å². The van der Waals surface area contributed by atoms with Gasteiger partial charge in [0, 0.05) is 18.8 Å². The Morgan fingerprint density at radius 3 is 2.45 bits per heavy atom. The molecule has 0 radical (unpaired) electrons. The van der Waals surface area contributed by atoms with E-state index in [2.05, 4.69) is 33.9 Å². The predicted molar refractivity (Wildman–Crippen MR) is 78.8 cm³/mol. The zero-order valence-electron chi connectivity index (χ0n) is 13.4. The fourth-order valence-electron chi connectivity index (χ4n) is 3.05. The van der Waals surface area contributed by atoms with Gasteiger partial charge in [-0.1, -0.05) is 20.8 Å². The molecule has 4 nitrogen and oxygen atoms in total. The number of ketones is 1. The Bertz CT molecular complexity index is 424. The van der Waals surface area contributed by atoms with Crippen LogP contribution in [0.5, 0.6) is 0 Å². The van der Waals surface area contributed by atoms with Crippen LogP contribution in [0.25, 0.3) is 0 Å². The Hall–Kier alpha value is -0.683. The number of fused-ring (bicyclic) bond motifs is 1. The van der Waals surface area contributed by atoms with Gasteiger partial charge in [-0.3, -0.25) is 9.59 Å². The minimum atomic E-state index is -1.86. The number of methoxy groups -OCH3 is 1. The van der Waals surface area contributed by atoms with Gasteiger partial charge in [0.1, 0.15) is 5.78 Å². The maximum Gasteiger partial charge on any atom is 0.305 e. The molecule has 2 aliphatic rings. The zero-order valence-corrected chi connectivity index (χ0v) is 14.4. The molecule has 2 fully saturated rings. The summed E-state index contributed by atoms with van der Waals surface area (Å²) in [6.07, 6.45) is 0.900. The summed E-state index contributed by atoms with van der Waals surface area (Å²) in [5.41, 5.74) is 0. The summed E-state index contributed by atoms with van der Waals surface area (Å²) in [6, 6.07) is 0. The predicted octanol–water partition coefficient (Wildman–Crippen LogP) is 2.77. The van der Waals surface area contributed by atoms with Crippen molar-refractivity contribution in [3.8, 4) is 0 Å². The van der Waals surface area contributed by atoms with Crippen molar-refractivity contribution in [3.63, 3.8) is 0 Å². The molecule has 0 bridgehead atoms. The van der Waals surface area contributed by atoms with Crippen molar-refractivity contribution in [2.75, 3.05) is 7.11 Å². The number of esters is 1. The highest BCUT2D eigenvalue weighted by Crippen LogP contribution is 2.59. The fourth-order valence-corrected chi connectivity index (χ4v) is 4.40. The van der Waals surface area contributed by atoms with E-state index in [1.165, 1.54) is 7.11 Å². The summed E-state index contributed by atoms with van der Waals surface area (Å²) < 4.78 is 11.1. The Kier molecular flexibility index (Phi) is 3.88. The monoisotopic (exact) mass is 298 g/mol. The van der Waals surface area contributed by atoms with Gasteiger partial charge >= 0.3 is 5.97 Å². The smallest absolute Gasteiger partial charge is 0.305 e. The Balaban J connectivity index is 2.01. The lowest BCUT2D eigenvalue weighted by atomic mass is 10.1. The number of hydrogen-bond acceptors (Lipinski definition) is 4. The standard InChI is InChI=1S/C15H26O4Si/c1-15(2,3)20(5,6)19-11-8-10(16)13-9(14(11)13)7-12(17)18-4/h9,11,13-14H,7-8H2,1-6H3/t9-,11+,13+,14-/m0/s1. The largest absolute Gasteiger partial charge is 0.469 e. The Morgan fingerprint density at radius 1 is 1.35 bits per heavy atom. The summed E-state index contributed by atoms with van der Waals surface area (Å²) in [7, 11) is -0.466. The molecule has 20 heavy (non-hydrogen) atoms. The van der Waals surface area contributed by atoms with Gasteiger partial charge in [0.2, 0.25) is 0 Å². The number of hydrogen-bond donors (Lipinski definition) is 0. The molecule has 0 spiro atoms. The van der Waals surface area contributed by atoms with Gasteiger partial charge < -0.3 is 9.16 Å². The fraction of sp³-hybridized carbons (Fsp3) is 0.867. The average Bonchev–Trinajstić information content (AvgIpc) is 2.90. The molecular formula is C15H26O4Si. The van der Waals surface area contributed by atoms with E-state index in [4.69, 9.17) is 9.16 Å². The number of carbonyl (C=O) groups is 2. The lowest BCUT2D eigenvalue weighted by molar-refractivity contribution is -0.141. The summed E-state index contributed by atoms with van der Waals surface area (Å²) in [5.74, 6) is 0.494. The van der Waals surface area contributed by atoms with E-state index in [9.17, 15) is 9.59 Å². The van der Waals surface area contributed by atoms with Gasteiger partial charge in [0.15, 0.2) is 8.32 Å². The zero-order chi connectivity index (χ0) is 15.3. The van der Waals surface area contributed by atoms with Crippen LogP contribution in [0.1, 0.15) is 33.6 Å². The van der Waals surface area contributed by atoms with Crippen molar-refractivity contribution in [1.82, 2.24) is 0 Å². The molecule has 2 aliphatic carbocycles. The number of carbonyl (C=O) groups excluding carboxylic acids is 2. The van der Waals surface area contributed by atoms with E-state index in [0.717, 1.165) is 0 Å². The average molecular weight is 298 g/mol. The van der Waals surface area contributed by atoms with Crippen molar-refractivity contribution in [3.05, 3.63) is 0 Å². The van der Waals surface area contributed by atoms with E-state index in [1.54, 1.807) is 0 Å². The minimum absolute atomic E-state index is 0.0167. The topological polar surface area (TPSA) is 52.6 Å². The first-order valence-electron chi connectivity index (χ1n) is 7.36. The third kappa shape index (κ3) is 2.70. The van der Waals surface area contributed by atoms with Crippen LogP contribution in [0.3, 0.4) is 0 Å². The molecule has 0 aromatic rings. The summed E-state index contributed by atoms with van der Waals surface area (Å²) in [5, 5.41) is 0.140. The van der Waals surface area contributed by atoms with Crippen LogP contribution < -0.4 is 0 Å². The molecule has 0 aromatic heterocycles. The van der Waals surface area contributed by atoms with Crippen LogP contribution in [0.2, 0.25) is 18.1 Å². The van der Waals surface area contributed by atoms with Crippen molar-refractivity contribution in [1.29, 1.82) is 0 Å². The van der Waals surface area contributed by atoms with Gasteiger partial charge in [-0.2, -0.15) is 0 Å². The van der Waals surface area contributed by atoms with Crippen LogP contribution in [0, 0.1) is 17.8 Å². The van der Waals surface area contributed by atoms with E-state index < -0.39 is 8.32 Å². The molecule has 0 aliphatic heterocycles. The molecule has 0 N–H and O–H groups in total. The highest BCUT2D eigenvalue weighted by Gasteiger charge is 2.64. The second kappa shape index (κ2) is 4.95. The first-order valence-corrected chi connectivity index (χ1v) is 10.3.